The number of rotatable bonds is 2. The van der Waals surface area contributed by atoms with E-state index in [2.05, 4.69) is 10.7 Å². The second kappa shape index (κ2) is 6.17. The van der Waals surface area contributed by atoms with Crippen LogP contribution >= 0.6 is 0 Å². The number of aromatic amines is 1. The lowest BCUT2D eigenvalue weighted by Crippen LogP contribution is -2.13. The largest absolute Gasteiger partial charge is 0.340 e. The zero-order chi connectivity index (χ0) is 18.2. The summed E-state index contributed by atoms with van der Waals surface area (Å²) >= 11 is 0. The fourth-order valence-corrected chi connectivity index (χ4v) is 3.54. The Morgan fingerprint density at radius 3 is 2.33 bits per heavy atom. The highest BCUT2D eigenvalue weighted by Gasteiger charge is 2.14. The monoisotopic (exact) mass is 348 g/mol. The van der Waals surface area contributed by atoms with Crippen molar-refractivity contribution in [2.45, 2.75) is 0 Å². The molecule has 27 heavy (non-hydrogen) atoms. The van der Waals surface area contributed by atoms with Crippen LogP contribution in [0.15, 0.2) is 89.4 Å². The van der Waals surface area contributed by atoms with E-state index in [9.17, 15) is 4.79 Å². The van der Waals surface area contributed by atoms with Crippen LogP contribution in [-0.2, 0) is 0 Å². The van der Waals surface area contributed by atoms with Crippen molar-refractivity contribution in [1.29, 1.82) is 0 Å². The van der Waals surface area contributed by atoms with Gasteiger partial charge in [0.1, 0.15) is 5.65 Å². The molecule has 0 aliphatic heterocycles. The van der Waals surface area contributed by atoms with Crippen LogP contribution < -0.4 is 5.56 Å². The summed E-state index contributed by atoms with van der Waals surface area (Å²) in [6.45, 7) is 0. The van der Waals surface area contributed by atoms with Gasteiger partial charge in [0.15, 0.2) is 0 Å². The Bertz CT molecular complexity index is 1420. The van der Waals surface area contributed by atoms with Gasteiger partial charge < -0.3 is 4.98 Å². The lowest BCUT2D eigenvalue weighted by molar-refractivity contribution is 1.15. The van der Waals surface area contributed by atoms with Crippen LogP contribution in [0.2, 0.25) is 0 Å². The number of nitrogens with one attached hydrogen (secondary N) is 1. The molecule has 0 amide bonds. The molecule has 0 radical (unpaired) electrons. The van der Waals surface area contributed by atoms with Gasteiger partial charge in [0.05, 0.1) is 16.4 Å². The van der Waals surface area contributed by atoms with Crippen molar-refractivity contribution in [1.82, 2.24) is 9.38 Å². The Morgan fingerprint density at radius 2 is 1.48 bits per heavy atom. The number of benzene rings is 3. The van der Waals surface area contributed by atoms with E-state index >= 15 is 0 Å². The smallest absolute Gasteiger partial charge is 0.266 e. The van der Waals surface area contributed by atoms with Crippen LogP contribution in [0.25, 0.3) is 39.6 Å². The van der Waals surface area contributed by atoms with Crippen LogP contribution in [-0.4, -0.2) is 9.38 Å². The Hall–Kier alpha value is -3.81. The molecule has 2 aromatic heterocycles. The minimum absolute atomic E-state index is 0.0118. The van der Waals surface area contributed by atoms with E-state index in [1.54, 1.807) is 4.40 Å². The van der Waals surface area contributed by atoms with Gasteiger partial charge in [-0.15, -0.1) is 5.73 Å². The van der Waals surface area contributed by atoms with Crippen LogP contribution in [0.5, 0.6) is 0 Å². The highest BCUT2D eigenvalue weighted by molar-refractivity contribution is 5.99. The SMILES string of the molecule is O=c1c2ccccc2[nH]c2c(C=C=Cc3ccccc3)c3ccccc3n12. The summed E-state index contributed by atoms with van der Waals surface area (Å²) in [5, 5.41) is 1.70. The molecule has 0 fully saturated rings. The molecule has 0 bridgehead atoms. The third-order valence-corrected chi connectivity index (χ3v) is 4.80. The van der Waals surface area contributed by atoms with Crippen molar-refractivity contribution in [3.63, 3.8) is 0 Å². The Balaban J connectivity index is 1.85. The number of fused-ring (bicyclic) bond motifs is 4. The van der Waals surface area contributed by atoms with Gasteiger partial charge in [-0.2, -0.15) is 0 Å². The minimum atomic E-state index is -0.0118. The molecule has 0 unspecified atom stereocenters. The van der Waals surface area contributed by atoms with Crippen molar-refractivity contribution >= 4 is 39.6 Å². The number of para-hydroxylation sites is 2. The molecule has 0 atom stereocenters. The maximum Gasteiger partial charge on any atom is 0.266 e. The third kappa shape index (κ3) is 2.50. The topological polar surface area (TPSA) is 37.3 Å². The van der Waals surface area contributed by atoms with E-state index in [0.29, 0.717) is 5.39 Å². The summed E-state index contributed by atoms with van der Waals surface area (Å²) in [7, 11) is 0. The van der Waals surface area contributed by atoms with E-state index in [0.717, 1.165) is 33.2 Å². The maximum atomic E-state index is 13.1. The summed E-state index contributed by atoms with van der Waals surface area (Å²) < 4.78 is 1.76. The second-order valence-electron chi connectivity index (χ2n) is 6.46. The minimum Gasteiger partial charge on any atom is -0.340 e. The highest BCUT2D eigenvalue weighted by Crippen LogP contribution is 2.26. The first-order chi connectivity index (χ1) is 13.3. The van der Waals surface area contributed by atoms with Gasteiger partial charge in [0.2, 0.25) is 0 Å². The fraction of sp³-hybridized carbons (Fsp3) is 0. The molecule has 3 nitrogen and oxygen atoms in total. The lowest BCUT2D eigenvalue weighted by atomic mass is 10.1. The molecule has 0 saturated carbocycles. The number of H-pyrrole nitrogens is 1. The zero-order valence-electron chi connectivity index (χ0n) is 14.5. The summed E-state index contributed by atoms with van der Waals surface area (Å²) in [5.41, 5.74) is 7.82. The van der Waals surface area contributed by atoms with E-state index < -0.39 is 0 Å². The summed E-state index contributed by atoms with van der Waals surface area (Å²) in [6.07, 6.45) is 3.88. The normalized spacial score (nSPS) is 11.0. The molecule has 0 aliphatic carbocycles. The van der Waals surface area contributed by atoms with E-state index in [-0.39, 0.29) is 5.56 Å². The Morgan fingerprint density at radius 1 is 0.778 bits per heavy atom. The first-order valence-corrected chi connectivity index (χ1v) is 8.85. The molecular formula is C24H16N2O. The number of aromatic nitrogens is 2. The third-order valence-electron chi connectivity index (χ3n) is 4.80. The van der Waals surface area contributed by atoms with Gasteiger partial charge in [-0.3, -0.25) is 9.20 Å². The fourth-order valence-electron chi connectivity index (χ4n) is 3.54. The van der Waals surface area contributed by atoms with E-state index in [1.807, 2.05) is 91.0 Å². The van der Waals surface area contributed by atoms with Crippen molar-refractivity contribution < 1.29 is 0 Å². The summed E-state index contributed by atoms with van der Waals surface area (Å²) in [4.78, 5) is 16.5. The maximum absolute atomic E-state index is 13.1. The summed E-state index contributed by atoms with van der Waals surface area (Å²) in [5.74, 6) is 0. The quantitative estimate of drug-likeness (QED) is 0.434. The molecule has 0 spiro atoms. The predicted molar refractivity (Wildman–Crippen MR) is 112 cm³/mol. The van der Waals surface area contributed by atoms with Crippen LogP contribution in [0.1, 0.15) is 11.1 Å². The molecule has 2 heterocycles. The van der Waals surface area contributed by atoms with Gasteiger partial charge in [-0.25, -0.2) is 0 Å². The molecule has 3 aromatic carbocycles. The van der Waals surface area contributed by atoms with E-state index in [1.165, 1.54) is 0 Å². The van der Waals surface area contributed by atoms with Gasteiger partial charge in [-0.05, 0) is 35.9 Å². The molecule has 5 aromatic rings. The highest BCUT2D eigenvalue weighted by atomic mass is 16.1. The van der Waals surface area contributed by atoms with Crippen LogP contribution in [0.3, 0.4) is 0 Å². The first-order valence-electron chi connectivity index (χ1n) is 8.85. The van der Waals surface area contributed by atoms with Crippen LogP contribution in [0, 0.1) is 0 Å². The van der Waals surface area contributed by atoms with Crippen molar-refractivity contribution in [2.24, 2.45) is 0 Å². The first kappa shape index (κ1) is 15.4. The van der Waals surface area contributed by atoms with Gasteiger partial charge in [0, 0.05) is 10.9 Å². The molecule has 0 aliphatic rings. The van der Waals surface area contributed by atoms with Gasteiger partial charge in [0.25, 0.3) is 5.56 Å². The number of nitrogens with zero attached hydrogens (tertiary/aromatic N) is 1. The van der Waals surface area contributed by atoms with Crippen molar-refractivity contribution in [3.05, 3.63) is 106 Å². The van der Waals surface area contributed by atoms with Crippen molar-refractivity contribution in [3.8, 4) is 0 Å². The standard InChI is InChI=1S/C24H16N2O/c27-24-20-13-4-6-15-21(20)25-23-19(14-8-11-17-9-2-1-3-10-17)18-12-5-7-16-22(18)26(23)24/h1-7,9-16,25H. The average Bonchev–Trinajstić information content (AvgIpc) is 3.03. The van der Waals surface area contributed by atoms with Crippen LogP contribution in [0.4, 0.5) is 0 Å². The van der Waals surface area contributed by atoms with Gasteiger partial charge >= 0.3 is 0 Å². The van der Waals surface area contributed by atoms with Crippen molar-refractivity contribution in [2.75, 3.05) is 0 Å². The zero-order valence-corrected chi connectivity index (χ0v) is 14.5. The Labute approximate surface area is 155 Å². The molecule has 0 saturated heterocycles. The average molecular weight is 348 g/mol. The molecule has 5 rings (SSSR count). The summed E-state index contributed by atoms with van der Waals surface area (Å²) in [6, 6.07) is 25.6. The Kier molecular flexibility index (Phi) is 3.53. The number of hydrogen-bond acceptors (Lipinski definition) is 1. The number of hydrogen-bond donors (Lipinski definition) is 1. The second-order valence-corrected chi connectivity index (χ2v) is 6.46. The molecule has 128 valence electrons. The lowest BCUT2D eigenvalue weighted by Gasteiger charge is -2.01. The van der Waals surface area contributed by atoms with E-state index in [4.69, 9.17) is 0 Å². The van der Waals surface area contributed by atoms with Gasteiger partial charge in [-0.1, -0.05) is 60.7 Å². The molecule has 1 N–H and O–H groups in total. The predicted octanol–water partition coefficient (Wildman–Crippen LogP) is 5.26. The molecule has 3 heteroatoms. The molecular weight excluding hydrogens is 332 g/mol.